The highest BCUT2D eigenvalue weighted by atomic mass is 35.5. The van der Waals surface area contributed by atoms with Gasteiger partial charge >= 0.3 is 0 Å². The van der Waals surface area contributed by atoms with Gasteiger partial charge in [-0.25, -0.2) is 17.9 Å². The molecule has 1 amide bonds. The second-order valence-electron chi connectivity index (χ2n) is 10.3. The summed E-state index contributed by atoms with van der Waals surface area (Å²) in [6.07, 6.45) is -2.67. The molecule has 44 heavy (non-hydrogen) atoms. The molecule has 2 saturated heterocycles. The molecule has 0 saturated carbocycles. The molecule has 3 heterocycles. The van der Waals surface area contributed by atoms with Crippen LogP contribution < -0.4 is 0 Å². The zero-order valence-electron chi connectivity index (χ0n) is 22.7. The molecule has 17 heteroatoms. The number of halogens is 5. The van der Waals surface area contributed by atoms with Crippen molar-refractivity contribution in [3.63, 3.8) is 0 Å². The Morgan fingerprint density at radius 2 is 1.86 bits per heavy atom. The van der Waals surface area contributed by atoms with Crippen molar-refractivity contribution in [1.82, 2.24) is 19.9 Å². The Kier molecular flexibility index (Phi) is 10.3. The van der Waals surface area contributed by atoms with Crippen molar-refractivity contribution in [2.75, 3.05) is 26.3 Å². The number of aromatic nitrogens is 3. The Morgan fingerprint density at radius 3 is 2.52 bits per heavy atom. The summed E-state index contributed by atoms with van der Waals surface area (Å²) in [6.45, 7) is -0.814. The average molecular weight is 680 g/mol. The molecule has 2 aromatic carbocycles. The molecule has 238 valence electrons. The van der Waals surface area contributed by atoms with E-state index in [0.717, 1.165) is 4.68 Å². The van der Waals surface area contributed by atoms with Gasteiger partial charge in [-0.15, -0.1) is 5.10 Å². The summed E-state index contributed by atoms with van der Waals surface area (Å²) in [5.41, 5.74) is -1.70. The van der Waals surface area contributed by atoms with Crippen molar-refractivity contribution in [1.29, 1.82) is 0 Å². The fraction of sp³-hybridized carbons (Fsp3) is 0.444. The van der Waals surface area contributed by atoms with Crippen LogP contribution in [0.2, 0.25) is 10.0 Å². The van der Waals surface area contributed by atoms with E-state index in [-0.39, 0.29) is 32.7 Å². The number of likely N-dealkylation sites (tertiary alicyclic amines) is 1. The largest absolute Gasteiger partial charge is 0.394 e. The van der Waals surface area contributed by atoms with E-state index in [1.807, 2.05) is 0 Å². The third-order valence-corrected chi connectivity index (χ3v) is 9.66. The normalized spacial score (nSPS) is 26.5. The van der Waals surface area contributed by atoms with E-state index in [1.165, 1.54) is 29.3 Å². The van der Waals surface area contributed by atoms with Gasteiger partial charge in [-0.1, -0.05) is 28.4 Å². The van der Waals surface area contributed by atoms with Crippen LogP contribution in [0.1, 0.15) is 18.9 Å². The topological polar surface area (TPSA) is 147 Å². The maximum Gasteiger partial charge on any atom is 0.248 e. The van der Waals surface area contributed by atoms with Crippen LogP contribution in [0.15, 0.2) is 41.4 Å². The number of carbonyl (C=O) groups is 1. The molecule has 5 rings (SSSR count). The number of aliphatic hydroxyl groups excluding tert-OH is 3. The Balaban J connectivity index is 1.52. The van der Waals surface area contributed by atoms with Gasteiger partial charge in [-0.05, 0) is 43.2 Å². The maximum atomic E-state index is 13.9. The average Bonchev–Trinajstić information content (AvgIpc) is 3.49. The van der Waals surface area contributed by atoms with Crippen LogP contribution in [0.25, 0.3) is 11.3 Å². The molecule has 0 radical (unpaired) electrons. The fourth-order valence-electron chi connectivity index (χ4n) is 5.15. The van der Waals surface area contributed by atoms with E-state index in [0.29, 0.717) is 31.5 Å². The van der Waals surface area contributed by atoms with Crippen molar-refractivity contribution in [2.45, 2.75) is 53.6 Å². The molecule has 7 atom stereocenters. The first kappa shape index (κ1) is 32.8. The highest BCUT2D eigenvalue weighted by Gasteiger charge is 2.50. The number of ether oxygens (including phenoxy) is 2. The number of hydrogen-bond donors (Lipinski definition) is 3. The molecule has 2 fully saturated rings. The number of hydrogen-bond acceptors (Lipinski definition) is 9. The molecule has 2 aliphatic rings. The molecule has 0 spiro atoms. The second-order valence-corrected chi connectivity index (χ2v) is 12.7. The summed E-state index contributed by atoms with van der Waals surface area (Å²) in [4.78, 5) is 14.6. The Hall–Kier alpha value is -2.63. The molecule has 0 aliphatic carbocycles. The van der Waals surface area contributed by atoms with E-state index in [1.54, 1.807) is 0 Å². The summed E-state index contributed by atoms with van der Waals surface area (Å²) >= 11 is 12.2. The summed E-state index contributed by atoms with van der Waals surface area (Å²) in [5.74, 6) is -5.07. The molecule has 3 N–H and O–H groups in total. The molecule has 2 aliphatic heterocycles. The molecule has 3 aromatic rings. The SMILES string of the molecule is O=C(CO[C@@H]1[C@@H](n2cc(-c3cc(F)c(F)c(F)c3)nn2)[C@@H](O)[C@@H](CO)O[C@@H]1S(=O)c1ccc(Cl)c(Cl)c1)N1CCC[C@H](O)C1. The number of amides is 1. The smallest absolute Gasteiger partial charge is 0.248 e. The third kappa shape index (κ3) is 6.79. The summed E-state index contributed by atoms with van der Waals surface area (Å²) < 4.78 is 68.2. The zero-order chi connectivity index (χ0) is 31.7. The second kappa shape index (κ2) is 13.8. The number of nitrogens with zero attached hydrogens (tertiary/aromatic N) is 4. The Morgan fingerprint density at radius 1 is 1.14 bits per heavy atom. The standard InChI is InChI=1S/C27H27Cl2F3N4O7S/c28-16-4-3-15(8-17(16)29)44(41)27-26(42-12-22(39)35-5-1-2-14(38)9-35)24(25(40)21(11-37)43-27)36-10-20(33-34-36)13-6-18(30)23(32)19(31)7-13/h3-4,6-8,10,14,21,24-27,37-38,40H,1-2,5,9,11-12H2/t14-,21+,24-,25-,26+,27+,44?/m0/s1. The molecule has 1 aromatic heterocycles. The molecule has 1 unspecified atom stereocenters. The minimum absolute atomic E-state index is 0.0951. The van der Waals surface area contributed by atoms with Gasteiger partial charge in [0.1, 0.15) is 36.7 Å². The van der Waals surface area contributed by atoms with Gasteiger partial charge in [-0.3, -0.25) is 9.00 Å². The van der Waals surface area contributed by atoms with Crippen LogP contribution in [-0.4, -0.2) is 101 Å². The van der Waals surface area contributed by atoms with Gasteiger partial charge in [0.25, 0.3) is 0 Å². The van der Waals surface area contributed by atoms with Crippen LogP contribution in [0.4, 0.5) is 13.2 Å². The number of β-amino-alcohol motifs (C(OH)–C–C–N with tert-alkyl or cyclic N) is 1. The predicted molar refractivity (Wildman–Crippen MR) is 151 cm³/mol. The number of benzene rings is 2. The molecular weight excluding hydrogens is 652 g/mol. The van der Waals surface area contributed by atoms with Crippen LogP contribution >= 0.6 is 23.2 Å². The highest BCUT2D eigenvalue weighted by Crippen LogP contribution is 2.37. The lowest BCUT2D eigenvalue weighted by atomic mass is 9.97. The van der Waals surface area contributed by atoms with Crippen molar-refractivity contribution < 1.29 is 47.0 Å². The first-order valence-corrected chi connectivity index (χ1v) is 15.4. The quantitative estimate of drug-likeness (QED) is 0.306. The van der Waals surface area contributed by atoms with Crippen molar-refractivity contribution >= 4 is 39.9 Å². The Bertz CT molecular complexity index is 1530. The predicted octanol–water partition coefficient (Wildman–Crippen LogP) is 2.46. The third-order valence-electron chi connectivity index (χ3n) is 7.40. The van der Waals surface area contributed by atoms with E-state index >= 15 is 0 Å². The molecule has 11 nitrogen and oxygen atoms in total. The number of carbonyl (C=O) groups excluding carboxylic acids is 1. The number of aliphatic hydroxyl groups is 3. The van der Waals surface area contributed by atoms with Crippen LogP contribution in [0, 0.1) is 17.5 Å². The minimum atomic E-state index is -2.09. The van der Waals surface area contributed by atoms with Crippen LogP contribution in [0.5, 0.6) is 0 Å². The van der Waals surface area contributed by atoms with Crippen LogP contribution in [0.3, 0.4) is 0 Å². The lowest BCUT2D eigenvalue weighted by Gasteiger charge is -2.43. The fourth-order valence-corrected chi connectivity index (χ4v) is 6.94. The number of piperidine rings is 1. The van der Waals surface area contributed by atoms with Gasteiger partial charge in [0, 0.05) is 23.5 Å². The van der Waals surface area contributed by atoms with Crippen molar-refractivity contribution in [3.8, 4) is 11.3 Å². The van der Waals surface area contributed by atoms with E-state index in [4.69, 9.17) is 32.7 Å². The van der Waals surface area contributed by atoms with Gasteiger partial charge in [0.15, 0.2) is 22.9 Å². The first-order chi connectivity index (χ1) is 21.0. The van der Waals surface area contributed by atoms with E-state index < -0.39 is 83.3 Å². The zero-order valence-corrected chi connectivity index (χ0v) is 25.1. The summed E-state index contributed by atoms with van der Waals surface area (Å²) in [6, 6.07) is 4.32. The van der Waals surface area contributed by atoms with Crippen molar-refractivity contribution in [2.24, 2.45) is 0 Å². The lowest BCUT2D eigenvalue weighted by molar-refractivity contribution is -0.197. The molecular formula is C27H27Cl2F3N4O7S. The maximum absolute atomic E-state index is 13.9. The van der Waals surface area contributed by atoms with Gasteiger partial charge < -0.3 is 29.7 Å². The van der Waals surface area contributed by atoms with Gasteiger partial charge in [0.2, 0.25) is 5.91 Å². The van der Waals surface area contributed by atoms with Crippen molar-refractivity contribution in [3.05, 3.63) is 64.0 Å². The van der Waals surface area contributed by atoms with Crippen LogP contribution in [-0.2, 0) is 25.1 Å². The highest BCUT2D eigenvalue weighted by molar-refractivity contribution is 7.85. The summed E-state index contributed by atoms with van der Waals surface area (Å²) in [7, 11) is -2.09. The monoisotopic (exact) mass is 678 g/mol. The Labute approximate surface area is 261 Å². The van der Waals surface area contributed by atoms with E-state index in [9.17, 15) is 37.5 Å². The number of rotatable bonds is 8. The van der Waals surface area contributed by atoms with Gasteiger partial charge in [0.05, 0.1) is 39.8 Å². The van der Waals surface area contributed by atoms with E-state index in [2.05, 4.69) is 10.3 Å². The first-order valence-electron chi connectivity index (χ1n) is 13.4. The lowest BCUT2D eigenvalue weighted by Crippen LogP contribution is -2.58. The minimum Gasteiger partial charge on any atom is -0.394 e. The van der Waals surface area contributed by atoms with Gasteiger partial charge in [-0.2, -0.15) is 0 Å². The molecule has 0 bridgehead atoms. The summed E-state index contributed by atoms with van der Waals surface area (Å²) in [5, 5.41) is 39.5.